The van der Waals surface area contributed by atoms with E-state index in [-0.39, 0.29) is 5.91 Å². The van der Waals surface area contributed by atoms with Crippen LogP contribution in [0.3, 0.4) is 0 Å². The minimum Gasteiger partial charge on any atom is -0.460 e. The molecule has 1 aromatic heterocycles. The first-order valence-electron chi connectivity index (χ1n) is 9.03. The molecule has 0 spiro atoms. The minimum absolute atomic E-state index is 0.0180. The van der Waals surface area contributed by atoms with Gasteiger partial charge in [-0.15, -0.1) is 0 Å². The van der Waals surface area contributed by atoms with E-state index in [0.717, 1.165) is 18.6 Å². The molecular weight excluding hydrogens is 288 g/mol. The summed E-state index contributed by atoms with van der Waals surface area (Å²) in [5, 5.41) is 4.09. The van der Waals surface area contributed by atoms with Crippen LogP contribution in [0, 0.1) is 6.92 Å². The van der Waals surface area contributed by atoms with E-state index in [9.17, 15) is 4.79 Å². The van der Waals surface area contributed by atoms with Crippen molar-refractivity contribution < 1.29 is 9.21 Å². The van der Waals surface area contributed by atoms with Crippen molar-refractivity contribution in [3.05, 3.63) is 23.7 Å². The van der Waals surface area contributed by atoms with Gasteiger partial charge in [-0.3, -0.25) is 4.79 Å². The molecule has 0 aliphatic heterocycles. The molecule has 1 heterocycles. The lowest BCUT2D eigenvalue weighted by molar-refractivity contribution is -0.121. The van der Waals surface area contributed by atoms with Crippen molar-refractivity contribution in [2.24, 2.45) is 5.10 Å². The van der Waals surface area contributed by atoms with Crippen molar-refractivity contribution in [3.63, 3.8) is 0 Å². The molecule has 0 radical (unpaired) electrons. The number of furan rings is 1. The number of nitrogens with zero attached hydrogens (tertiary/aromatic N) is 1. The monoisotopic (exact) mass is 320 g/mol. The maximum absolute atomic E-state index is 11.7. The first-order chi connectivity index (χ1) is 11.1. The summed E-state index contributed by atoms with van der Waals surface area (Å²) in [6.45, 7) is 5.96. The highest BCUT2D eigenvalue weighted by molar-refractivity contribution is 5.96. The molecule has 0 aromatic carbocycles. The van der Waals surface area contributed by atoms with E-state index in [1.807, 2.05) is 26.0 Å². The third kappa shape index (κ3) is 9.22. The van der Waals surface area contributed by atoms with Crippen molar-refractivity contribution in [1.29, 1.82) is 0 Å². The zero-order valence-corrected chi connectivity index (χ0v) is 15.0. The second-order valence-corrected chi connectivity index (χ2v) is 6.22. The smallest absolute Gasteiger partial charge is 0.240 e. The summed E-state index contributed by atoms with van der Waals surface area (Å²) in [5.74, 6) is 1.53. The van der Waals surface area contributed by atoms with Crippen molar-refractivity contribution in [2.75, 3.05) is 0 Å². The standard InChI is InChI=1S/C19H32N2O2/c1-4-5-6-7-8-9-10-11-12-13-19(22)21-20-17(3)18-15-14-16(2)23-18/h14-15H,4-13H2,1-3H3,(H,21,22)/b20-17+. The van der Waals surface area contributed by atoms with Crippen molar-refractivity contribution >= 4 is 11.6 Å². The first-order valence-corrected chi connectivity index (χ1v) is 9.03. The van der Waals surface area contributed by atoms with Crippen LogP contribution in [0.1, 0.15) is 89.6 Å². The highest BCUT2D eigenvalue weighted by atomic mass is 16.3. The van der Waals surface area contributed by atoms with Crippen LogP contribution >= 0.6 is 0 Å². The highest BCUT2D eigenvalue weighted by Gasteiger charge is 2.04. The van der Waals surface area contributed by atoms with Crippen LogP contribution in [0.2, 0.25) is 0 Å². The summed E-state index contributed by atoms with van der Waals surface area (Å²) in [7, 11) is 0. The number of hydrazone groups is 1. The van der Waals surface area contributed by atoms with Crippen molar-refractivity contribution in [1.82, 2.24) is 5.43 Å². The van der Waals surface area contributed by atoms with Crippen LogP contribution in [0.25, 0.3) is 0 Å². The molecule has 0 bridgehead atoms. The number of hydrogen-bond acceptors (Lipinski definition) is 3. The van der Waals surface area contributed by atoms with E-state index in [1.165, 1.54) is 44.9 Å². The number of rotatable bonds is 12. The SMILES string of the molecule is CCCCCCCCCCCC(=O)N/N=C(\C)c1ccc(C)o1. The summed E-state index contributed by atoms with van der Waals surface area (Å²) < 4.78 is 5.46. The Labute approximate surface area is 140 Å². The number of carbonyl (C=O) groups excluding carboxylic acids is 1. The molecule has 1 N–H and O–H groups in total. The number of carbonyl (C=O) groups is 1. The predicted molar refractivity (Wildman–Crippen MR) is 95.6 cm³/mol. The summed E-state index contributed by atoms with van der Waals surface area (Å²) in [5.41, 5.74) is 3.30. The van der Waals surface area contributed by atoms with Gasteiger partial charge in [0.2, 0.25) is 5.91 Å². The Morgan fingerprint density at radius 3 is 2.22 bits per heavy atom. The molecule has 0 saturated carbocycles. The molecule has 0 aliphatic carbocycles. The summed E-state index contributed by atoms with van der Waals surface area (Å²) in [6.07, 6.45) is 11.8. The second kappa shape index (κ2) is 11.9. The van der Waals surface area contributed by atoms with Gasteiger partial charge in [-0.05, 0) is 32.4 Å². The zero-order valence-electron chi connectivity index (χ0n) is 15.0. The summed E-state index contributed by atoms with van der Waals surface area (Å²) in [4.78, 5) is 11.7. The molecule has 130 valence electrons. The van der Waals surface area contributed by atoms with Crippen LogP contribution in [0.4, 0.5) is 0 Å². The number of aryl methyl sites for hydroxylation is 1. The zero-order chi connectivity index (χ0) is 16.9. The van der Waals surface area contributed by atoms with Crippen molar-refractivity contribution in [3.8, 4) is 0 Å². The highest BCUT2D eigenvalue weighted by Crippen LogP contribution is 2.10. The Kier molecular flexibility index (Phi) is 10.1. The van der Waals surface area contributed by atoms with E-state index in [0.29, 0.717) is 17.9 Å². The molecule has 1 aromatic rings. The molecule has 0 fully saturated rings. The molecule has 23 heavy (non-hydrogen) atoms. The van der Waals surface area contributed by atoms with Gasteiger partial charge < -0.3 is 4.42 Å². The normalized spacial score (nSPS) is 11.7. The van der Waals surface area contributed by atoms with E-state index in [2.05, 4.69) is 17.5 Å². The summed E-state index contributed by atoms with van der Waals surface area (Å²) >= 11 is 0. The molecule has 4 heteroatoms. The van der Waals surface area contributed by atoms with Crippen LogP contribution in [0.15, 0.2) is 21.7 Å². The fraction of sp³-hybridized carbons (Fsp3) is 0.684. The van der Waals surface area contributed by atoms with E-state index < -0.39 is 0 Å². The lowest BCUT2D eigenvalue weighted by Crippen LogP contribution is -2.18. The Bertz CT molecular complexity index is 477. The molecule has 0 saturated heterocycles. The van der Waals surface area contributed by atoms with Crippen LogP contribution in [-0.2, 0) is 4.79 Å². The molecule has 1 amide bonds. The van der Waals surface area contributed by atoms with Gasteiger partial charge in [-0.2, -0.15) is 5.10 Å². The molecule has 0 aliphatic rings. The van der Waals surface area contributed by atoms with Gasteiger partial charge in [0.15, 0.2) is 0 Å². The molecule has 1 rings (SSSR count). The van der Waals surface area contributed by atoms with E-state index >= 15 is 0 Å². The second-order valence-electron chi connectivity index (χ2n) is 6.22. The maximum atomic E-state index is 11.7. The van der Waals surface area contributed by atoms with Gasteiger partial charge in [-0.25, -0.2) is 5.43 Å². The third-order valence-corrected chi connectivity index (χ3v) is 3.95. The Morgan fingerprint density at radius 2 is 1.65 bits per heavy atom. The number of hydrogen-bond donors (Lipinski definition) is 1. The van der Waals surface area contributed by atoms with Gasteiger partial charge in [0, 0.05) is 6.42 Å². The van der Waals surface area contributed by atoms with Crippen molar-refractivity contribution in [2.45, 2.75) is 85.0 Å². The first kappa shape index (κ1) is 19.5. The fourth-order valence-electron chi connectivity index (χ4n) is 2.48. The minimum atomic E-state index is -0.0180. The Balaban J connectivity index is 2.04. The summed E-state index contributed by atoms with van der Waals surface area (Å²) in [6, 6.07) is 3.75. The predicted octanol–water partition coefficient (Wildman–Crippen LogP) is 5.35. The number of amides is 1. The lowest BCUT2D eigenvalue weighted by Gasteiger charge is -2.03. The largest absolute Gasteiger partial charge is 0.460 e. The topological polar surface area (TPSA) is 54.6 Å². The van der Waals surface area contributed by atoms with Crippen LogP contribution < -0.4 is 5.43 Å². The Morgan fingerprint density at radius 1 is 1.04 bits per heavy atom. The van der Waals surface area contributed by atoms with Crippen LogP contribution in [-0.4, -0.2) is 11.6 Å². The Hall–Kier alpha value is -1.58. The molecule has 0 unspecified atom stereocenters. The van der Waals surface area contributed by atoms with Gasteiger partial charge >= 0.3 is 0 Å². The van der Waals surface area contributed by atoms with Gasteiger partial charge in [-0.1, -0.05) is 58.3 Å². The average molecular weight is 320 g/mol. The van der Waals surface area contributed by atoms with E-state index in [1.54, 1.807) is 0 Å². The van der Waals surface area contributed by atoms with Gasteiger partial charge in [0.05, 0.1) is 0 Å². The molecular formula is C19H32N2O2. The lowest BCUT2D eigenvalue weighted by atomic mass is 10.1. The number of nitrogens with one attached hydrogen (secondary N) is 1. The molecule has 4 nitrogen and oxygen atoms in total. The van der Waals surface area contributed by atoms with Gasteiger partial charge in [0.1, 0.15) is 17.2 Å². The number of unbranched alkanes of at least 4 members (excludes halogenated alkanes) is 8. The van der Waals surface area contributed by atoms with Gasteiger partial charge in [0.25, 0.3) is 0 Å². The fourth-order valence-corrected chi connectivity index (χ4v) is 2.48. The van der Waals surface area contributed by atoms with E-state index in [4.69, 9.17) is 4.42 Å². The average Bonchev–Trinajstić information content (AvgIpc) is 2.97. The third-order valence-electron chi connectivity index (χ3n) is 3.95. The molecule has 0 atom stereocenters. The maximum Gasteiger partial charge on any atom is 0.240 e. The quantitative estimate of drug-likeness (QED) is 0.321. The van der Waals surface area contributed by atoms with Crippen LogP contribution in [0.5, 0.6) is 0 Å².